The van der Waals surface area contributed by atoms with E-state index in [0.29, 0.717) is 0 Å². The normalized spacial score (nSPS) is 19.5. The minimum Gasteiger partial charge on any atom is -0.497 e. The molecule has 1 aromatic rings. The van der Waals surface area contributed by atoms with Gasteiger partial charge in [0, 0.05) is 11.8 Å². The van der Waals surface area contributed by atoms with Gasteiger partial charge in [0.05, 0.1) is 7.11 Å². The number of methoxy groups -OCH3 is 1. The summed E-state index contributed by atoms with van der Waals surface area (Å²) in [4.78, 5) is 0. The van der Waals surface area contributed by atoms with Crippen LogP contribution < -0.4 is 10.1 Å². The quantitative estimate of drug-likeness (QED) is 0.786. The van der Waals surface area contributed by atoms with Crippen molar-refractivity contribution in [2.24, 2.45) is 0 Å². The number of benzene rings is 1. The molecule has 1 heterocycles. The van der Waals surface area contributed by atoms with E-state index in [2.05, 4.69) is 29.2 Å². The molecule has 0 aromatic heterocycles. The van der Waals surface area contributed by atoms with Crippen LogP contribution in [-0.2, 0) is 6.42 Å². The van der Waals surface area contributed by atoms with E-state index in [-0.39, 0.29) is 0 Å². The fourth-order valence-electron chi connectivity index (χ4n) is 2.09. The van der Waals surface area contributed by atoms with Gasteiger partial charge in [-0.2, -0.15) is 11.8 Å². The SMILES string of the molecule is COc1ccc(CCNCC2CCCS2)cc1. The van der Waals surface area contributed by atoms with Crippen LogP contribution in [0.25, 0.3) is 0 Å². The van der Waals surface area contributed by atoms with Crippen molar-refractivity contribution in [1.29, 1.82) is 0 Å². The van der Waals surface area contributed by atoms with Gasteiger partial charge >= 0.3 is 0 Å². The molecule has 0 spiro atoms. The lowest BCUT2D eigenvalue weighted by atomic mass is 10.1. The van der Waals surface area contributed by atoms with Gasteiger partial charge in [-0.3, -0.25) is 0 Å². The lowest BCUT2D eigenvalue weighted by Crippen LogP contribution is -2.25. The Bertz CT molecular complexity index is 319. The van der Waals surface area contributed by atoms with Crippen molar-refractivity contribution in [2.45, 2.75) is 24.5 Å². The Hall–Kier alpha value is -0.670. The molecule has 0 saturated carbocycles. The van der Waals surface area contributed by atoms with Crippen molar-refractivity contribution in [3.05, 3.63) is 29.8 Å². The van der Waals surface area contributed by atoms with Crippen LogP contribution in [0.2, 0.25) is 0 Å². The molecule has 94 valence electrons. The van der Waals surface area contributed by atoms with Crippen LogP contribution in [0, 0.1) is 0 Å². The summed E-state index contributed by atoms with van der Waals surface area (Å²) in [5, 5.41) is 4.40. The van der Waals surface area contributed by atoms with Crippen LogP contribution in [0.4, 0.5) is 0 Å². The van der Waals surface area contributed by atoms with Crippen molar-refractivity contribution in [3.8, 4) is 5.75 Å². The highest BCUT2D eigenvalue weighted by Crippen LogP contribution is 2.25. The molecule has 0 amide bonds. The van der Waals surface area contributed by atoms with E-state index >= 15 is 0 Å². The van der Waals surface area contributed by atoms with Gasteiger partial charge in [-0.05, 0) is 49.3 Å². The van der Waals surface area contributed by atoms with Crippen molar-refractivity contribution in [1.82, 2.24) is 5.32 Å². The van der Waals surface area contributed by atoms with E-state index in [1.807, 2.05) is 12.1 Å². The summed E-state index contributed by atoms with van der Waals surface area (Å²) in [5.41, 5.74) is 1.37. The molecule has 1 aliphatic rings. The van der Waals surface area contributed by atoms with Crippen molar-refractivity contribution < 1.29 is 4.74 Å². The predicted octanol–water partition coefficient (Wildman–Crippen LogP) is 2.72. The first kappa shape index (κ1) is 12.8. The molecule has 0 bridgehead atoms. The van der Waals surface area contributed by atoms with Crippen LogP contribution >= 0.6 is 11.8 Å². The molecule has 1 unspecified atom stereocenters. The van der Waals surface area contributed by atoms with Crippen molar-refractivity contribution in [3.63, 3.8) is 0 Å². The van der Waals surface area contributed by atoms with E-state index < -0.39 is 0 Å². The second kappa shape index (κ2) is 6.92. The Morgan fingerprint density at radius 3 is 2.82 bits per heavy atom. The highest BCUT2D eigenvalue weighted by molar-refractivity contribution is 8.00. The molecule has 2 nitrogen and oxygen atoms in total. The minimum absolute atomic E-state index is 0.853. The summed E-state index contributed by atoms with van der Waals surface area (Å²) >= 11 is 2.11. The summed E-state index contributed by atoms with van der Waals surface area (Å²) in [5.74, 6) is 2.29. The zero-order valence-electron chi connectivity index (χ0n) is 10.4. The van der Waals surface area contributed by atoms with E-state index in [1.54, 1.807) is 7.11 Å². The molecular formula is C14H21NOS. The van der Waals surface area contributed by atoms with Gasteiger partial charge in [0.2, 0.25) is 0 Å². The van der Waals surface area contributed by atoms with Gasteiger partial charge in [0.15, 0.2) is 0 Å². The Balaban J connectivity index is 1.63. The monoisotopic (exact) mass is 251 g/mol. The Labute approximate surface area is 108 Å². The second-order valence-electron chi connectivity index (χ2n) is 4.44. The van der Waals surface area contributed by atoms with Gasteiger partial charge in [-0.15, -0.1) is 0 Å². The summed E-state index contributed by atoms with van der Waals surface area (Å²) < 4.78 is 5.14. The molecule has 2 rings (SSSR count). The van der Waals surface area contributed by atoms with Crippen LogP contribution in [0.3, 0.4) is 0 Å². The average Bonchev–Trinajstić information content (AvgIpc) is 2.88. The third kappa shape index (κ3) is 4.25. The predicted molar refractivity (Wildman–Crippen MR) is 75.0 cm³/mol. The molecule has 0 radical (unpaired) electrons. The summed E-state index contributed by atoms with van der Waals surface area (Å²) in [7, 11) is 1.70. The number of thioether (sulfide) groups is 1. The zero-order chi connectivity index (χ0) is 11.9. The van der Waals surface area contributed by atoms with E-state index in [0.717, 1.165) is 24.0 Å². The maximum absolute atomic E-state index is 5.14. The zero-order valence-corrected chi connectivity index (χ0v) is 11.3. The van der Waals surface area contributed by atoms with Gasteiger partial charge in [0.1, 0.15) is 5.75 Å². The molecule has 3 heteroatoms. The molecule has 1 fully saturated rings. The molecule has 17 heavy (non-hydrogen) atoms. The Morgan fingerprint density at radius 2 is 2.18 bits per heavy atom. The van der Waals surface area contributed by atoms with Crippen LogP contribution in [0.5, 0.6) is 5.75 Å². The average molecular weight is 251 g/mol. The lowest BCUT2D eigenvalue weighted by Gasteiger charge is -2.10. The van der Waals surface area contributed by atoms with Gasteiger partial charge in [-0.1, -0.05) is 12.1 Å². The number of hydrogen-bond acceptors (Lipinski definition) is 3. The first-order valence-corrected chi connectivity index (χ1v) is 7.38. The Kier molecular flexibility index (Phi) is 5.20. The van der Waals surface area contributed by atoms with Gasteiger partial charge < -0.3 is 10.1 Å². The molecule has 1 N–H and O–H groups in total. The van der Waals surface area contributed by atoms with E-state index in [9.17, 15) is 0 Å². The van der Waals surface area contributed by atoms with E-state index in [4.69, 9.17) is 4.74 Å². The minimum atomic E-state index is 0.853. The smallest absolute Gasteiger partial charge is 0.118 e. The highest BCUT2D eigenvalue weighted by Gasteiger charge is 2.14. The highest BCUT2D eigenvalue weighted by atomic mass is 32.2. The molecule has 1 aromatic carbocycles. The number of ether oxygens (including phenoxy) is 1. The van der Waals surface area contributed by atoms with E-state index in [1.165, 1.54) is 30.7 Å². The second-order valence-corrected chi connectivity index (χ2v) is 5.85. The number of nitrogens with one attached hydrogen (secondary N) is 1. The van der Waals surface area contributed by atoms with Gasteiger partial charge in [-0.25, -0.2) is 0 Å². The molecule has 1 saturated heterocycles. The first-order valence-electron chi connectivity index (χ1n) is 6.34. The summed E-state index contributed by atoms with van der Waals surface area (Å²) in [6.45, 7) is 2.24. The maximum Gasteiger partial charge on any atom is 0.118 e. The topological polar surface area (TPSA) is 21.3 Å². The molecule has 0 aliphatic carbocycles. The molecule has 1 atom stereocenters. The largest absolute Gasteiger partial charge is 0.497 e. The fraction of sp³-hybridized carbons (Fsp3) is 0.571. The third-order valence-corrected chi connectivity index (χ3v) is 4.54. The maximum atomic E-state index is 5.14. The lowest BCUT2D eigenvalue weighted by molar-refractivity contribution is 0.414. The molecular weight excluding hydrogens is 230 g/mol. The number of rotatable bonds is 6. The standard InChI is InChI=1S/C14H21NOS/c1-16-13-6-4-12(5-7-13)8-9-15-11-14-3-2-10-17-14/h4-7,14-15H,2-3,8-11H2,1H3. The summed E-state index contributed by atoms with van der Waals surface area (Å²) in [6, 6.07) is 8.35. The third-order valence-electron chi connectivity index (χ3n) is 3.15. The first-order chi connectivity index (χ1) is 8.38. The Morgan fingerprint density at radius 1 is 1.35 bits per heavy atom. The van der Waals surface area contributed by atoms with Crippen LogP contribution in [-0.4, -0.2) is 31.2 Å². The van der Waals surface area contributed by atoms with Crippen molar-refractivity contribution >= 4 is 11.8 Å². The van der Waals surface area contributed by atoms with Crippen molar-refractivity contribution in [2.75, 3.05) is 26.0 Å². The summed E-state index contributed by atoms with van der Waals surface area (Å²) in [6.07, 6.45) is 3.89. The van der Waals surface area contributed by atoms with Gasteiger partial charge in [0.25, 0.3) is 0 Å². The number of hydrogen-bond donors (Lipinski definition) is 1. The molecule has 1 aliphatic heterocycles. The fourth-order valence-corrected chi connectivity index (χ4v) is 3.33. The van der Waals surface area contributed by atoms with Crippen LogP contribution in [0.15, 0.2) is 24.3 Å². The van der Waals surface area contributed by atoms with Crippen LogP contribution in [0.1, 0.15) is 18.4 Å².